The number of thiophene rings is 1. The van der Waals surface area contributed by atoms with E-state index in [-0.39, 0.29) is 17.9 Å². The predicted octanol–water partition coefficient (Wildman–Crippen LogP) is 6.00. The summed E-state index contributed by atoms with van der Waals surface area (Å²) in [6, 6.07) is 11.7. The fourth-order valence-electron chi connectivity index (χ4n) is 5.28. The largest absolute Gasteiger partial charge is 0.351 e. The van der Waals surface area contributed by atoms with Crippen LogP contribution in [0.1, 0.15) is 67.9 Å². The number of nitrogens with one attached hydrogen (secondary N) is 1. The first kappa shape index (κ1) is 22.5. The van der Waals surface area contributed by atoms with Crippen molar-refractivity contribution in [3.05, 3.63) is 58.1 Å². The summed E-state index contributed by atoms with van der Waals surface area (Å²) < 4.78 is 3.10. The standard InChI is InChI=1S/C26H30ClN3O2S/c1-26(25(32)28-20-10-5-3-2-4-6-11-20)17-29-21-12-13-33-23(21)15-22(29)24(31)30(26)16-18-8-7-9-19(27)14-18/h7-9,12-15,20H,2-6,10-11,16-17H2,1H3,(H,28,32)/t26-/m0/s1. The van der Waals surface area contributed by atoms with Crippen LogP contribution in [-0.4, -0.2) is 32.9 Å². The highest BCUT2D eigenvalue weighted by atomic mass is 35.5. The lowest BCUT2D eigenvalue weighted by molar-refractivity contribution is -0.134. The molecule has 3 aromatic rings. The summed E-state index contributed by atoms with van der Waals surface area (Å²) in [4.78, 5) is 29.4. The van der Waals surface area contributed by atoms with Crippen LogP contribution in [0.3, 0.4) is 0 Å². The Bertz CT molecular complexity index is 1180. The Morgan fingerprint density at radius 3 is 2.67 bits per heavy atom. The van der Waals surface area contributed by atoms with Gasteiger partial charge in [-0.25, -0.2) is 0 Å². The molecule has 0 spiro atoms. The first-order valence-corrected chi connectivity index (χ1v) is 13.2. The number of aromatic nitrogens is 1. The third-order valence-corrected chi connectivity index (χ3v) is 8.30. The lowest BCUT2D eigenvalue weighted by Crippen LogP contribution is -2.64. The Labute approximate surface area is 203 Å². The van der Waals surface area contributed by atoms with Gasteiger partial charge in [-0.2, -0.15) is 0 Å². The summed E-state index contributed by atoms with van der Waals surface area (Å²) in [5.74, 6) is -0.175. The second-order valence-corrected chi connectivity index (χ2v) is 11.0. The molecule has 1 fully saturated rings. The molecule has 33 heavy (non-hydrogen) atoms. The fraction of sp³-hybridized carbons (Fsp3) is 0.462. The van der Waals surface area contributed by atoms with Crippen LogP contribution in [0.4, 0.5) is 0 Å². The van der Waals surface area contributed by atoms with E-state index in [9.17, 15) is 9.59 Å². The molecule has 3 heterocycles. The highest BCUT2D eigenvalue weighted by Gasteiger charge is 2.48. The number of amides is 2. The van der Waals surface area contributed by atoms with E-state index in [1.165, 1.54) is 19.3 Å². The minimum Gasteiger partial charge on any atom is -0.351 e. The Morgan fingerprint density at radius 2 is 1.91 bits per heavy atom. The molecule has 1 aromatic carbocycles. The summed E-state index contributed by atoms with van der Waals surface area (Å²) in [7, 11) is 0. The number of benzene rings is 1. The molecule has 1 atom stereocenters. The molecule has 2 aromatic heterocycles. The first-order valence-electron chi connectivity index (χ1n) is 11.9. The maximum Gasteiger partial charge on any atom is 0.271 e. The van der Waals surface area contributed by atoms with Crippen LogP contribution in [0.25, 0.3) is 10.2 Å². The summed E-state index contributed by atoms with van der Waals surface area (Å²) >= 11 is 7.85. The van der Waals surface area contributed by atoms with Gasteiger partial charge in [-0.3, -0.25) is 9.59 Å². The van der Waals surface area contributed by atoms with Crippen molar-refractivity contribution in [3.8, 4) is 0 Å². The van der Waals surface area contributed by atoms with Gasteiger partial charge >= 0.3 is 0 Å². The van der Waals surface area contributed by atoms with Crippen LogP contribution in [0.15, 0.2) is 41.8 Å². The third-order valence-electron chi connectivity index (χ3n) is 7.21. The highest BCUT2D eigenvalue weighted by molar-refractivity contribution is 7.17. The van der Waals surface area contributed by atoms with Gasteiger partial charge in [0.1, 0.15) is 11.2 Å². The molecule has 2 aliphatic rings. The Balaban J connectivity index is 1.50. The summed E-state index contributed by atoms with van der Waals surface area (Å²) in [6.45, 7) is 2.69. The van der Waals surface area contributed by atoms with Crippen molar-refractivity contribution in [1.82, 2.24) is 14.8 Å². The number of rotatable bonds is 4. The number of halogens is 1. The van der Waals surface area contributed by atoms with Gasteiger partial charge in [0.25, 0.3) is 5.91 Å². The van der Waals surface area contributed by atoms with E-state index < -0.39 is 5.54 Å². The van der Waals surface area contributed by atoms with Crippen LogP contribution in [-0.2, 0) is 17.9 Å². The monoisotopic (exact) mass is 483 g/mol. The third kappa shape index (κ3) is 4.31. The van der Waals surface area contributed by atoms with Crippen LogP contribution in [0.2, 0.25) is 5.02 Å². The molecule has 1 saturated carbocycles. The normalized spacial score (nSPS) is 22.1. The molecule has 0 unspecified atom stereocenters. The number of nitrogens with zero attached hydrogens (tertiary/aromatic N) is 2. The molecular formula is C26H30ClN3O2S. The van der Waals surface area contributed by atoms with E-state index in [1.807, 2.05) is 53.3 Å². The average Bonchev–Trinajstić information content (AvgIpc) is 3.35. The Hall–Kier alpha value is -2.31. The second kappa shape index (κ2) is 9.15. The van der Waals surface area contributed by atoms with E-state index in [1.54, 1.807) is 16.2 Å². The average molecular weight is 484 g/mol. The van der Waals surface area contributed by atoms with Crippen molar-refractivity contribution in [3.63, 3.8) is 0 Å². The molecule has 2 amide bonds. The fourth-order valence-corrected chi connectivity index (χ4v) is 6.32. The van der Waals surface area contributed by atoms with Gasteiger partial charge in [0.15, 0.2) is 0 Å². The van der Waals surface area contributed by atoms with Gasteiger partial charge in [0, 0.05) is 17.6 Å². The summed E-state index contributed by atoms with van der Waals surface area (Å²) in [5, 5.41) is 6.00. The Kier molecular flexibility index (Phi) is 6.23. The van der Waals surface area contributed by atoms with Crippen LogP contribution in [0, 0.1) is 0 Å². The van der Waals surface area contributed by atoms with Gasteiger partial charge < -0.3 is 14.8 Å². The second-order valence-electron chi connectivity index (χ2n) is 9.60. The Morgan fingerprint density at radius 1 is 1.15 bits per heavy atom. The van der Waals surface area contributed by atoms with Gasteiger partial charge in [-0.05, 0) is 55.0 Å². The molecule has 0 saturated heterocycles. The van der Waals surface area contributed by atoms with Crippen molar-refractivity contribution in [2.45, 2.75) is 76.5 Å². The molecule has 5 nitrogen and oxygen atoms in total. The van der Waals surface area contributed by atoms with E-state index >= 15 is 0 Å². The lowest BCUT2D eigenvalue weighted by atomic mass is 9.91. The van der Waals surface area contributed by atoms with Crippen molar-refractivity contribution in [1.29, 1.82) is 0 Å². The molecule has 1 aliphatic heterocycles. The van der Waals surface area contributed by atoms with E-state index in [0.717, 1.165) is 41.5 Å². The summed E-state index contributed by atoms with van der Waals surface area (Å²) in [6.07, 6.45) is 8.04. The zero-order valence-corrected chi connectivity index (χ0v) is 20.6. The van der Waals surface area contributed by atoms with Gasteiger partial charge in [-0.1, -0.05) is 55.8 Å². The zero-order chi connectivity index (χ0) is 23.0. The minimum atomic E-state index is -0.997. The molecule has 174 valence electrons. The zero-order valence-electron chi connectivity index (χ0n) is 19.0. The smallest absolute Gasteiger partial charge is 0.271 e. The molecule has 0 radical (unpaired) electrons. The predicted molar refractivity (Wildman–Crippen MR) is 134 cm³/mol. The summed E-state index contributed by atoms with van der Waals surface area (Å²) in [5.41, 5.74) is 1.59. The number of fused-ring (bicyclic) bond motifs is 3. The van der Waals surface area contributed by atoms with Gasteiger partial charge in [-0.15, -0.1) is 11.3 Å². The number of hydrogen-bond donors (Lipinski definition) is 1. The molecule has 1 N–H and O–H groups in total. The van der Waals surface area contributed by atoms with Crippen LogP contribution >= 0.6 is 22.9 Å². The highest BCUT2D eigenvalue weighted by Crippen LogP contribution is 2.35. The van der Waals surface area contributed by atoms with Crippen LogP contribution in [0.5, 0.6) is 0 Å². The quantitative estimate of drug-likeness (QED) is 0.494. The van der Waals surface area contributed by atoms with Crippen molar-refractivity contribution >= 4 is 45.0 Å². The molecular weight excluding hydrogens is 454 g/mol. The lowest BCUT2D eigenvalue weighted by Gasteiger charge is -2.44. The molecule has 7 heteroatoms. The maximum absolute atomic E-state index is 13.9. The van der Waals surface area contributed by atoms with Gasteiger partial charge in [0.2, 0.25) is 5.91 Å². The molecule has 1 aliphatic carbocycles. The minimum absolute atomic E-state index is 0.0637. The van der Waals surface area contributed by atoms with E-state index in [2.05, 4.69) is 5.32 Å². The van der Waals surface area contributed by atoms with Gasteiger partial charge in [0.05, 0.1) is 16.8 Å². The number of carbonyl (C=O) groups excluding carboxylic acids is 2. The van der Waals surface area contributed by atoms with Crippen molar-refractivity contribution in [2.75, 3.05) is 0 Å². The van der Waals surface area contributed by atoms with Crippen molar-refractivity contribution in [2.24, 2.45) is 0 Å². The molecule has 5 rings (SSSR count). The maximum atomic E-state index is 13.9. The van der Waals surface area contributed by atoms with E-state index in [4.69, 9.17) is 11.6 Å². The topological polar surface area (TPSA) is 54.3 Å². The number of carbonyl (C=O) groups is 2. The SMILES string of the molecule is C[C@@]1(C(=O)NC2CCCCCCC2)Cn2c(cc3sccc32)C(=O)N1Cc1cccc(Cl)c1. The van der Waals surface area contributed by atoms with Crippen molar-refractivity contribution < 1.29 is 9.59 Å². The van der Waals surface area contributed by atoms with E-state index in [0.29, 0.717) is 23.8 Å². The first-order chi connectivity index (χ1) is 16.0. The molecule has 0 bridgehead atoms. The number of hydrogen-bond acceptors (Lipinski definition) is 3. The van der Waals surface area contributed by atoms with Crippen LogP contribution < -0.4 is 5.32 Å².